The van der Waals surface area contributed by atoms with Crippen LogP contribution in [0.3, 0.4) is 0 Å². The standard InChI is InChI=1S/2C19H21ClFN3O4S.BrH/c2*1-11-14(21)5-2-6-15(11)23-19(26)24-16-8-7-13(20)18(17(16)25)29(27,28)12-4-3-9-22-10-12;/h2*2,5-8,12,22,25H,3-4,9-10H2,1H3,(H2,23,24,26);1H/t2*12-;/m00./s1. The molecule has 21 heteroatoms. The minimum atomic E-state index is -3.92. The van der Waals surface area contributed by atoms with Crippen LogP contribution in [0.25, 0.3) is 0 Å². The molecular weight excluding hydrogens is 921 g/mol. The molecule has 6 rings (SSSR count). The fourth-order valence-electron chi connectivity index (χ4n) is 6.38. The predicted molar refractivity (Wildman–Crippen MR) is 230 cm³/mol. The summed E-state index contributed by atoms with van der Waals surface area (Å²) in [4.78, 5) is 23.8. The molecule has 0 unspecified atom stereocenters. The number of amides is 4. The summed E-state index contributed by atoms with van der Waals surface area (Å²) in [6.45, 7) is 4.99. The number of sulfone groups is 2. The van der Waals surface area contributed by atoms with Gasteiger partial charge in [0.2, 0.25) is 0 Å². The summed E-state index contributed by atoms with van der Waals surface area (Å²) in [6.07, 6.45) is 2.27. The highest BCUT2D eigenvalue weighted by molar-refractivity contribution is 8.93. The van der Waals surface area contributed by atoms with Gasteiger partial charge in [-0.3, -0.25) is 0 Å². The lowest BCUT2D eigenvalue weighted by atomic mass is 10.2. The lowest BCUT2D eigenvalue weighted by molar-refractivity contribution is 0.261. The first-order chi connectivity index (χ1) is 27.4. The fourth-order valence-corrected chi connectivity index (χ4v) is 11.1. The number of phenolic OH excluding ortho intramolecular Hbond substituents is 2. The second-order valence-corrected chi connectivity index (χ2v) is 18.7. The number of phenols is 2. The second-order valence-electron chi connectivity index (χ2n) is 13.6. The van der Waals surface area contributed by atoms with Crippen molar-refractivity contribution in [3.63, 3.8) is 0 Å². The summed E-state index contributed by atoms with van der Waals surface area (Å²) >= 11 is 12.2. The Morgan fingerprint density at radius 3 is 1.32 bits per heavy atom. The van der Waals surface area contributed by atoms with Crippen molar-refractivity contribution in [3.05, 3.63) is 93.5 Å². The van der Waals surface area contributed by atoms with Gasteiger partial charge in [-0.1, -0.05) is 35.3 Å². The Morgan fingerprint density at radius 1 is 0.627 bits per heavy atom. The minimum Gasteiger partial charge on any atom is -0.504 e. The maximum atomic E-state index is 13.6. The zero-order valence-electron chi connectivity index (χ0n) is 31.7. The van der Waals surface area contributed by atoms with Crippen LogP contribution in [0.5, 0.6) is 11.5 Å². The SMILES string of the molecule is Br.Cc1c(F)cccc1NC(=O)Nc1ccc(Cl)c(S(=O)(=O)[C@H]2CCCNC2)c1O.Cc1c(F)cccc1NC(=O)Nc1ccc(Cl)c(S(=O)(=O)[C@H]2CCCNC2)c1O. The van der Waals surface area contributed by atoms with Crippen LogP contribution in [0.4, 0.5) is 41.1 Å². The van der Waals surface area contributed by atoms with Gasteiger partial charge in [-0.25, -0.2) is 35.2 Å². The van der Waals surface area contributed by atoms with Crippen molar-refractivity contribution < 1.29 is 45.4 Å². The van der Waals surface area contributed by atoms with Crippen molar-refractivity contribution in [3.8, 4) is 11.5 Å². The first kappa shape index (κ1) is 47.4. The molecule has 8 N–H and O–H groups in total. The normalized spacial score (nSPS) is 16.7. The second kappa shape index (κ2) is 20.3. The number of nitrogens with one attached hydrogen (secondary N) is 6. The predicted octanol–water partition coefficient (Wildman–Crippen LogP) is 7.90. The third-order valence-electron chi connectivity index (χ3n) is 9.65. The molecule has 14 nitrogen and oxygen atoms in total. The van der Waals surface area contributed by atoms with Crippen LogP contribution >= 0.6 is 40.2 Å². The molecule has 2 atom stereocenters. The molecule has 2 fully saturated rings. The number of aromatic hydroxyl groups is 2. The van der Waals surface area contributed by atoms with E-state index in [0.717, 1.165) is 13.1 Å². The Labute approximate surface area is 361 Å². The average Bonchev–Trinajstić information content (AvgIpc) is 3.18. The smallest absolute Gasteiger partial charge is 0.323 e. The van der Waals surface area contributed by atoms with E-state index in [1.165, 1.54) is 74.5 Å². The zero-order chi connectivity index (χ0) is 42.4. The highest BCUT2D eigenvalue weighted by Crippen LogP contribution is 2.41. The maximum Gasteiger partial charge on any atom is 0.323 e. The zero-order valence-corrected chi connectivity index (χ0v) is 36.5. The van der Waals surface area contributed by atoms with E-state index in [1.807, 2.05) is 0 Å². The average molecular weight is 965 g/mol. The largest absolute Gasteiger partial charge is 0.504 e. The third kappa shape index (κ3) is 11.1. The fraction of sp³-hybridized carbons (Fsp3) is 0.316. The van der Waals surface area contributed by atoms with Crippen LogP contribution in [-0.4, -0.2) is 75.8 Å². The molecule has 0 saturated carbocycles. The molecule has 2 heterocycles. The highest BCUT2D eigenvalue weighted by Gasteiger charge is 2.35. The maximum absolute atomic E-state index is 13.6. The van der Waals surface area contributed by atoms with Crippen LogP contribution < -0.4 is 31.9 Å². The third-order valence-corrected chi connectivity index (χ3v) is 15.0. The number of benzene rings is 4. The lowest BCUT2D eigenvalue weighted by Gasteiger charge is -2.24. The monoisotopic (exact) mass is 962 g/mol. The molecule has 0 radical (unpaired) electrons. The summed E-state index contributed by atoms with van der Waals surface area (Å²) in [7, 11) is -7.84. The minimum absolute atomic E-state index is 0. The molecule has 0 spiro atoms. The van der Waals surface area contributed by atoms with E-state index in [-0.39, 0.29) is 74.0 Å². The van der Waals surface area contributed by atoms with Gasteiger partial charge in [0.1, 0.15) is 21.4 Å². The molecule has 4 aromatic rings. The number of anilines is 4. The molecule has 4 aromatic carbocycles. The van der Waals surface area contributed by atoms with E-state index in [0.29, 0.717) is 25.7 Å². The number of hydrogen-bond acceptors (Lipinski definition) is 10. The van der Waals surface area contributed by atoms with Gasteiger partial charge in [-0.05, 0) is 101 Å². The summed E-state index contributed by atoms with van der Waals surface area (Å²) in [5.41, 5.74) is 0.743. The van der Waals surface area contributed by atoms with Gasteiger partial charge in [-0.15, -0.1) is 17.0 Å². The van der Waals surface area contributed by atoms with E-state index in [9.17, 15) is 45.4 Å². The lowest BCUT2D eigenvalue weighted by Crippen LogP contribution is -2.38. The van der Waals surface area contributed by atoms with E-state index < -0.39 is 75.2 Å². The van der Waals surface area contributed by atoms with Crippen molar-refractivity contribution in [1.82, 2.24) is 10.6 Å². The number of rotatable bonds is 8. The number of carbonyl (C=O) groups is 2. The molecule has 0 bridgehead atoms. The van der Waals surface area contributed by atoms with Crippen molar-refractivity contribution >= 4 is 94.7 Å². The van der Waals surface area contributed by atoms with Crippen molar-refractivity contribution in [2.45, 2.75) is 59.8 Å². The first-order valence-electron chi connectivity index (χ1n) is 18.0. The summed E-state index contributed by atoms with van der Waals surface area (Å²) in [5.74, 6) is -2.22. The number of halogens is 5. The van der Waals surface area contributed by atoms with E-state index >= 15 is 0 Å². The summed E-state index contributed by atoms with van der Waals surface area (Å²) in [6, 6.07) is 12.1. The number of piperidine rings is 2. The van der Waals surface area contributed by atoms with E-state index in [1.54, 1.807) is 0 Å². The Bertz CT molecular complexity index is 2250. The number of carbonyl (C=O) groups excluding carboxylic acids is 2. The molecule has 4 amide bonds. The van der Waals surface area contributed by atoms with Crippen molar-refractivity contribution in [2.75, 3.05) is 47.4 Å². The van der Waals surface area contributed by atoms with E-state index in [4.69, 9.17) is 23.2 Å². The van der Waals surface area contributed by atoms with Crippen LogP contribution in [0, 0.1) is 25.5 Å². The molecule has 2 aliphatic heterocycles. The van der Waals surface area contributed by atoms with Crippen LogP contribution in [0.1, 0.15) is 36.8 Å². The molecule has 0 aliphatic carbocycles. The van der Waals surface area contributed by atoms with Crippen LogP contribution in [-0.2, 0) is 19.7 Å². The molecule has 2 saturated heterocycles. The molecule has 0 aromatic heterocycles. The highest BCUT2D eigenvalue weighted by atomic mass is 79.9. The number of hydrogen-bond donors (Lipinski definition) is 8. The van der Waals surface area contributed by atoms with Crippen LogP contribution in [0.2, 0.25) is 10.0 Å². The summed E-state index contributed by atoms with van der Waals surface area (Å²) < 4.78 is 79.2. The van der Waals surface area contributed by atoms with Gasteiger partial charge in [-0.2, -0.15) is 0 Å². The molecule has 320 valence electrons. The van der Waals surface area contributed by atoms with Crippen molar-refractivity contribution in [1.29, 1.82) is 0 Å². The van der Waals surface area contributed by atoms with Gasteiger partial charge < -0.3 is 42.1 Å². The van der Waals surface area contributed by atoms with E-state index in [2.05, 4.69) is 31.9 Å². The van der Waals surface area contributed by atoms with Crippen molar-refractivity contribution in [2.24, 2.45) is 0 Å². The van der Waals surface area contributed by atoms with Gasteiger partial charge in [0, 0.05) is 35.6 Å². The van der Waals surface area contributed by atoms with Gasteiger partial charge in [0.25, 0.3) is 0 Å². The first-order valence-corrected chi connectivity index (χ1v) is 21.9. The molecule has 2 aliphatic rings. The molecule has 59 heavy (non-hydrogen) atoms. The van der Waals surface area contributed by atoms with Gasteiger partial charge >= 0.3 is 12.1 Å². The quantitative estimate of drug-likeness (QED) is 0.0799. The molecular formula is C38H43BrCl2F2N6O8S2. The Kier molecular flexibility index (Phi) is 16.4. The number of urea groups is 2. The summed E-state index contributed by atoms with van der Waals surface area (Å²) in [5, 5.41) is 35.2. The Balaban J connectivity index is 0.000000256. The topological polar surface area (TPSA) is 215 Å². The van der Waals surface area contributed by atoms with Gasteiger partial charge in [0.05, 0.1) is 31.9 Å². The Hall–Kier alpha value is -4.24. The van der Waals surface area contributed by atoms with Crippen LogP contribution in [0.15, 0.2) is 70.5 Å². The Morgan fingerprint density at radius 2 is 0.983 bits per heavy atom. The van der Waals surface area contributed by atoms with Gasteiger partial charge in [0.15, 0.2) is 31.2 Å².